The van der Waals surface area contributed by atoms with Crippen LogP contribution in [-0.2, 0) is 11.3 Å². The van der Waals surface area contributed by atoms with E-state index in [2.05, 4.69) is 28.4 Å². The predicted molar refractivity (Wildman–Crippen MR) is 90.8 cm³/mol. The number of aromatic nitrogens is 3. The number of rotatable bonds is 5. The standard InChI is InChI=1S/C17H20N4O2/c1-11(2)8-21-10-18-15-16(21)12-6-4-5-7-13(12)19-17(15)20(3)9-14(22)23/h4-7,10-11H,8-9H2,1-3H3,(H,22,23). The Labute approximate surface area is 134 Å². The van der Waals surface area contributed by atoms with Gasteiger partial charge in [-0.05, 0) is 12.0 Å². The zero-order chi connectivity index (χ0) is 16.6. The summed E-state index contributed by atoms with van der Waals surface area (Å²) in [6.07, 6.45) is 1.82. The number of aliphatic carboxylic acids is 1. The first-order valence-electron chi connectivity index (χ1n) is 7.64. The minimum absolute atomic E-state index is 0.114. The van der Waals surface area contributed by atoms with Crippen LogP contribution in [0.15, 0.2) is 30.6 Å². The summed E-state index contributed by atoms with van der Waals surface area (Å²) in [4.78, 5) is 21.8. The molecule has 6 nitrogen and oxygen atoms in total. The monoisotopic (exact) mass is 312 g/mol. The molecule has 0 saturated heterocycles. The van der Waals surface area contributed by atoms with Gasteiger partial charge in [-0.3, -0.25) is 4.79 Å². The van der Waals surface area contributed by atoms with Crippen molar-refractivity contribution >= 4 is 33.7 Å². The van der Waals surface area contributed by atoms with E-state index in [0.29, 0.717) is 11.7 Å². The summed E-state index contributed by atoms with van der Waals surface area (Å²) in [5.41, 5.74) is 2.60. The third-order valence-corrected chi connectivity index (χ3v) is 3.73. The maximum absolute atomic E-state index is 11.0. The minimum Gasteiger partial charge on any atom is -0.480 e. The van der Waals surface area contributed by atoms with Crippen LogP contribution >= 0.6 is 0 Å². The van der Waals surface area contributed by atoms with E-state index in [4.69, 9.17) is 5.11 Å². The number of likely N-dealkylation sites (N-methyl/N-ethyl adjacent to an activating group) is 1. The van der Waals surface area contributed by atoms with Gasteiger partial charge in [0.15, 0.2) is 5.82 Å². The number of para-hydroxylation sites is 1. The van der Waals surface area contributed by atoms with Gasteiger partial charge in [0, 0.05) is 19.0 Å². The van der Waals surface area contributed by atoms with Crippen LogP contribution in [0, 0.1) is 5.92 Å². The summed E-state index contributed by atoms with van der Waals surface area (Å²) in [6.45, 7) is 5.06. The average molecular weight is 312 g/mol. The number of benzene rings is 1. The van der Waals surface area contributed by atoms with Crippen molar-refractivity contribution in [2.45, 2.75) is 20.4 Å². The van der Waals surface area contributed by atoms with E-state index in [0.717, 1.165) is 28.5 Å². The van der Waals surface area contributed by atoms with Crippen LogP contribution in [0.25, 0.3) is 21.9 Å². The highest BCUT2D eigenvalue weighted by Gasteiger charge is 2.18. The Bertz CT molecular complexity index is 870. The lowest BCUT2D eigenvalue weighted by Gasteiger charge is -2.17. The first kappa shape index (κ1) is 15.3. The molecule has 0 unspecified atom stereocenters. The molecule has 0 aliphatic rings. The summed E-state index contributed by atoms with van der Waals surface area (Å²) in [5.74, 6) is 0.195. The van der Waals surface area contributed by atoms with Crippen LogP contribution < -0.4 is 4.90 Å². The van der Waals surface area contributed by atoms with Crippen molar-refractivity contribution in [1.29, 1.82) is 0 Å². The molecule has 6 heteroatoms. The van der Waals surface area contributed by atoms with Gasteiger partial charge in [-0.15, -0.1) is 0 Å². The van der Waals surface area contributed by atoms with Crippen LogP contribution in [0.4, 0.5) is 5.82 Å². The first-order valence-corrected chi connectivity index (χ1v) is 7.64. The van der Waals surface area contributed by atoms with Gasteiger partial charge in [-0.1, -0.05) is 32.0 Å². The number of hydrogen-bond donors (Lipinski definition) is 1. The number of carboxylic acid groups (broad SMARTS) is 1. The number of anilines is 1. The van der Waals surface area contributed by atoms with Crippen molar-refractivity contribution in [3.05, 3.63) is 30.6 Å². The van der Waals surface area contributed by atoms with E-state index < -0.39 is 5.97 Å². The van der Waals surface area contributed by atoms with Crippen molar-refractivity contribution in [2.24, 2.45) is 5.92 Å². The number of carboxylic acids is 1. The molecule has 0 aliphatic carbocycles. The Kier molecular flexibility index (Phi) is 3.90. The largest absolute Gasteiger partial charge is 0.480 e. The van der Waals surface area contributed by atoms with Gasteiger partial charge in [0.05, 0.1) is 17.4 Å². The predicted octanol–water partition coefficient (Wildman–Crippen LogP) is 2.76. The Morgan fingerprint density at radius 3 is 2.78 bits per heavy atom. The number of nitrogens with zero attached hydrogens (tertiary/aromatic N) is 4. The zero-order valence-electron chi connectivity index (χ0n) is 13.5. The molecule has 0 aliphatic heterocycles. The highest BCUT2D eigenvalue weighted by Crippen LogP contribution is 2.30. The molecule has 120 valence electrons. The van der Waals surface area contributed by atoms with Gasteiger partial charge in [-0.2, -0.15) is 0 Å². The molecule has 0 fully saturated rings. The van der Waals surface area contributed by atoms with Gasteiger partial charge in [-0.25, -0.2) is 9.97 Å². The lowest BCUT2D eigenvalue weighted by molar-refractivity contribution is -0.135. The second-order valence-corrected chi connectivity index (χ2v) is 6.19. The van der Waals surface area contributed by atoms with Crippen molar-refractivity contribution in [3.8, 4) is 0 Å². The summed E-state index contributed by atoms with van der Waals surface area (Å²) in [7, 11) is 1.73. The molecule has 0 saturated carbocycles. The molecule has 3 aromatic rings. The van der Waals surface area contributed by atoms with E-state index >= 15 is 0 Å². The van der Waals surface area contributed by atoms with Crippen LogP contribution in [-0.4, -0.2) is 39.2 Å². The van der Waals surface area contributed by atoms with Gasteiger partial charge in [0.2, 0.25) is 0 Å². The number of fused-ring (bicyclic) bond motifs is 3. The fourth-order valence-corrected chi connectivity index (χ4v) is 2.84. The van der Waals surface area contributed by atoms with Crippen LogP contribution in [0.2, 0.25) is 0 Å². The quantitative estimate of drug-likeness (QED) is 0.784. The van der Waals surface area contributed by atoms with Crippen molar-refractivity contribution < 1.29 is 9.90 Å². The maximum atomic E-state index is 11.0. The fourth-order valence-electron chi connectivity index (χ4n) is 2.84. The van der Waals surface area contributed by atoms with Crippen LogP contribution in [0.1, 0.15) is 13.8 Å². The topological polar surface area (TPSA) is 71.2 Å². The smallest absolute Gasteiger partial charge is 0.323 e. The number of pyridine rings is 1. The summed E-state index contributed by atoms with van der Waals surface area (Å²) in [5, 5.41) is 10.1. The third kappa shape index (κ3) is 2.84. The van der Waals surface area contributed by atoms with E-state index in [-0.39, 0.29) is 6.54 Å². The highest BCUT2D eigenvalue weighted by atomic mass is 16.4. The molecular weight excluding hydrogens is 292 g/mol. The number of imidazole rings is 1. The summed E-state index contributed by atoms with van der Waals surface area (Å²) in [6, 6.07) is 7.89. The Hall–Kier alpha value is -2.63. The molecule has 2 heterocycles. The van der Waals surface area contributed by atoms with Crippen LogP contribution in [0.5, 0.6) is 0 Å². The van der Waals surface area contributed by atoms with Gasteiger partial charge < -0.3 is 14.6 Å². The molecular formula is C17H20N4O2. The second kappa shape index (κ2) is 5.87. The van der Waals surface area contributed by atoms with Crippen molar-refractivity contribution in [1.82, 2.24) is 14.5 Å². The molecule has 0 amide bonds. The summed E-state index contributed by atoms with van der Waals surface area (Å²) >= 11 is 0. The lowest BCUT2D eigenvalue weighted by Crippen LogP contribution is -2.26. The molecule has 0 atom stereocenters. The normalized spacial score (nSPS) is 11.5. The molecule has 3 rings (SSSR count). The van der Waals surface area contributed by atoms with Crippen molar-refractivity contribution in [2.75, 3.05) is 18.5 Å². The fraction of sp³-hybridized carbons (Fsp3) is 0.353. The molecule has 2 aromatic heterocycles. The Morgan fingerprint density at radius 1 is 1.35 bits per heavy atom. The Morgan fingerprint density at radius 2 is 2.09 bits per heavy atom. The van der Waals surface area contributed by atoms with Crippen LogP contribution in [0.3, 0.4) is 0 Å². The molecule has 1 aromatic carbocycles. The second-order valence-electron chi connectivity index (χ2n) is 6.19. The first-order chi connectivity index (χ1) is 11.0. The van der Waals surface area contributed by atoms with E-state index in [9.17, 15) is 4.79 Å². The Balaban J connectivity index is 2.28. The average Bonchev–Trinajstić information content (AvgIpc) is 2.89. The number of carbonyl (C=O) groups is 1. The van der Waals surface area contributed by atoms with Crippen molar-refractivity contribution in [3.63, 3.8) is 0 Å². The molecule has 0 bridgehead atoms. The molecule has 0 radical (unpaired) electrons. The van der Waals surface area contributed by atoms with Gasteiger partial charge >= 0.3 is 5.97 Å². The van der Waals surface area contributed by atoms with E-state index in [1.54, 1.807) is 11.9 Å². The number of hydrogen-bond acceptors (Lipinski definition) is 4. The molecule has 1 N–H and O–H groups in total. The van der Waals surface area contributed by atoms with E-state index in [1.165, 1.54) is 0 Å². The van der Waals surface area contributed by atoms with Gasteiger partial charge in [0.25, 0.3) is 0 Å². The third-order valence-electron chi connectivity index (χ3n) is 3.73. The zero-order valence-corrected chi connectivity index (χ0v) is 13.5. The SMILES string of the molecule is CC(C)Cn1cnc2c(N(C)CC(=O)O)nc3ccccc3c21. The lowest BCUT2D eigenvalue weighted by atomic mass is 10.1. The molecule has 0 spiro atoms. The molecule has 23 heavy (non-hydrogen) atoms. The maximum Gasteiger partial charge on any atom is 0.323 e. The highest BCUT2D eigenvalue weighted by molar-refractivity contribution is 6.07. The van der Waals surface area contributed by atoms with E-state index in [1.807, 2.05) is 30.6 Å². The summed E-state index contributed by atoms with van der Waals surface area (Å²) < 4.78 is 2.13. The van der Waals surface area contributed by atoms with Gasteiger partial charge in [0.1, 0.15) is 12.1 Å². The minimum atomic E-state index is -0.891.